The lowest BCUT2D eigenvalue weighted by atomic mass is 10.1. The third kappa shape index (κ3) is 2.36. The van der Waals surface area contributed by atoms with Crippen molar-refractivity contribution in [3.8, 4) is 11.5 Å². The molecular weight excluding hydrogens is 250 g/mol. The molecule has 94 valence electrons. The Balaban J connectivity index is 2.37. The summed E-state index contributed by atoms with van der Waals surface area (Å²) >= 11 is 6.03. The summed E-state index contributed by atoms with van der Waals surface area (Å²) in [7, 11) is 0. The monoisotopic (exact) mass is 263 g/mol. The van der Waals surface area contributed by atoms with Crippen LogP contribution in [0.5, 0.6) is 11.5 Å². The molecule has 0 unspecified atom stereocenters. The second kappa shape index (κ2) is 4.78. The van der Waals surface area contributed by atoms with Gasteiger partial charge in [0.15, 0.2) is 0 Å². The molecule has 2 aromatic rings. The van der Waals surface area contributed by atoms with Gasteiger partial charge in [-0.25, -0.2) is 0 Å². The number of phenols is 2. The molecule has 0 atom stereocenters. The lowest BCUT2D eigenvalue weighted by Gasteiger charge is -2.13. The largest absolute Gasteiger partial charge is 0.508 e. The summed E-state index contributed by atoms with van der Waals surface area (Å²) in [6, 6.07) is 8.18. The highest BCUT2D eigenvalue weighted by molar-refractivity contribution is 6.33. The average Bonchev–Trinajstić information content (AvgIpc) is 2.33. The Hall–Kier alpha value is -1.87. The van der Waals surface area contributed by atoms with Gasteiger partial charge >= 0.3 is 0 Å². The molecule has 0 fully saturated rings. The predicted molar refractivity (Wildman–Crippen MR) is 74.0 cm³/mol. The molecule has 0 amide bonds. The number of hydrogen-bond acceptors (Lipinski definition) is 3. The van der Waals surface area contributed by atoms with Gasteiger partial charge in [0.2, 0.25) is 0 Å². The van der Waals surface area contributed by atoms with Crippen LogP contribution < -0.4 is 5.32 Å². The first-order chi connectivity index (χ1) is 8.49. The minimum atomic E-state index is 0.129. The van der Waals surface area contributed by atoms with E-state index in [0.29, 0.717) is 10.7 Å². The van der Waals surface area contributed by atoms with Crippen molar-refractivity contribution < 1.29 is 10.2 Å². The van der Waals surface area contributed by atoms with Gasteiger partial charge in [-0.15, -0.1) is 0 Å². The molecule has 0 aliphatic carbocycles. The van der Waals surface area contributed by atoms with E-state index in [1.807, 2.05) is 13.8 Å². The van der Waals surface area contributed by atoms with E-state index >= 15 is 0 Å². The normalized spacial score (nSPS) is 10.4. The summed E-state index contributed by atoms with van der Waals surface area (Å²) in [5.74, 6) is 0.402. The van der Waals surface area contributed by atoms with Crippen molar-refractivity contribution in [3.05, 3.63) is 46.5 Å². The van der Waals surface area contributed by atoms with E-state index in [0.717, 1.165) is 16.8 Å². The Labute approximate surface area is 111 Å². The Morgan fingerprint density at radius 3 is 2.28 bits per heavy atom. The summed E-state index contributed by atoms with van der Waals surface area (Å²) in [5, 5.41) is 22.5. The molecule has 18 heavy (non-hydrogen) atoms. The molecular formula is C14H14ClNO2. The van der Waals surface area contributed by atoms with Crippen LogP contribution in [0.4, 0.5) is 11.4 Å². The molecule has 0 spiro atoms. The SMILES string of the molecule is Cc1c(O)ccc(Nc2ccc(O)cc2Cl)c1C. The molecule has 0 aromatic heterocycles. The second-order valence-corrected chi connectivity index (χ2v) is 4.58. The standard InChI is InChI=1S/C14H14ClNO2/c1-8-9(2)14(18)6-5-12(8)16-13-4-3-10(17)7-11(13)15/h3-7,16-18H,1-2H3. The molecule has 0 radical (unpaired) electrons. The fraction of sp³-hybridized carbons (Fsp3) is 0.143. The van der Waals surface area contributed by atoms with Crippen LogP contribution in [-0.2, 0) is 0 Å². The first kappa shape index (κ1) is 12.6. The van der Waals surface area contributed by atoms with Gasteiger partial charge in [-0.1, -0.05) is 11.6 Å². The van der Waals surface area contributed by atoms with Gasteiger partial charge in [0.05, 0.1) is 10.7 Å². The number of nitrogens with one attached hydrogen (secondary N) is 1. The Morgan fingerprint density at radius 1 is 0.944 bits per heavy atom. The number of aromatic hydroxyl groups is 2. The quantitative estimate of drug-likeness (QED) is 0.715. The number of hydrogen-bond donors (Lipinski definition) is 3. The van der Waals surface area contributed by atoms with Gasteiger partial charge < -0.3 is 15.5 Å². The maximum Gasteiger partial charge on any atom is 0.118 e. The van der Waals surface area contributed by atoms with Crippen LogP contribution in [0, 0.1) is 13.8 Å². The summed E-state index contributed by atoms with van der Waals surface area (Å²) < 4.78 is 0. The van der Waals surface area contributed by atoms with Crippen molar-refractivity contribution in [1.29, 1.82) is 0 Å². The van der Waals surface area contributed by atoms with Gasteiger partial charge in [0.25, 0.3) is 0 Å². The first-order valence-corrected chi connectivity index (χ1v) is 5.91. The number of anilines is 2. The van der Waals surface area contributed by atoms with E-state index in [9.17, 15) is 10.2 Å². The van der Waals surface area contributed by atoms with E-state index in [-0.39, 0.29) is 11.5 Å². The van der Waals surface area contributed by atoms with Gasteiger partial charge in [-0.05, 0) is 49.2 Å². The summed E-state index contributed by atoms with van der Waals surface area (Å²) in [6.07, 6.45) is 0. The second-order valence-electron chi connectivity index (χ2n) is 4.17. The molecule has 0 bridgehead atoms. The first-order valence-electron chi connectivity index (χ1n) is 5.53. The third-order valence-electron chi connectivity index (χ3n) is 2.98. The van der Waals surface area contributed by atoms with Crippen molar-refractivity contribution in [2.45, 2.75) is 13.8 Å². The zero-order chi connectivity index (χ0) is 13.3. The molecule has 3 N–H and O–H groups in total. The van der Waals surface area contributed by atoms with Crippen LogP contribution in [0.1, 0.15) is 11.1 Å². The molecule has 0 heterocycles. The van der Waals surface area contributed by atoms with E-state index in [4.69, 9.17) is 11.6 Å². The zero-order valence-corrected chi connectivity index (χ0v) is 10.9. The van der Waals surface area contributed by atoms with Crippen LogP contribution in [0.15, 0.2) is 30.3 Å². The van der Waals surface area contributed by atoms with Crippen molar-refractivity contribution in [3.63, 3.8) is 0 Å². The fourth-order valence-corrected chi connectivity index (χ4v) is 1.91. The van der Waals surface area contributed by atoms with Crippen LogP contribution in [0.2, 0.25) is 5.02 Å². The number of benzene rings is 2. The van der Waals surface area contributed by atoms with E-state index in [2.05, 4.69) is 5.32 Å². The summed E-state index contributed by atoms with van der Waals surface area (Å²) in [6.45, 7) is 3.78. The predicted octanol–water partition coefficient (Wildman–Crippen LogP) is 4.11. The molecule has 0 aliphatic heterocycles. The topological polar surface area (TPSA) is 52.5 Å². The van der Waals surface area contributed by atoms with Crippen molar-refractivity contribution in [2.75, 3.05) is 5.32 Å². The highest BCUT2D eigenvalue weighted by atomic mass is 35.5. The van der Waals surface area contributed by atoms with Crippen LogP contribution >= 0.6 is 11.6 Å². The van der Waals surface area contributed by atoms with Crippen molar-refractivity contribution >= 4 is 23.0 Å². The molecule has 3 nitrogen and oxygen atoms in total. The molecule has 0 aliphatic rings. The minimum absolute atomic E-state index is 0.129. The fourth-order valence-electron chi connectivity index (χ4n) is 1.69. The minimum Gasteiger partial charge on any atom is -0.508 e. The van der Waals surface area contributed by atoms with Gasteiger partial charge in [0, 0.05) is 11.8 Å². The van der Waals surface area contributed by atoms with Crippen LogP contribution in [-0.4, -0.2) is 10.2 Å². The number of rotatable bonds is 2. The Bertz CT molecular complexity index is 597. The smallest absolute Gasteiger partial charge is 0.118 e. The molecule has 0 saturated carbocycles. The number of phenolic OH excluding ortho intramolecular Hbond substituents is 2. The molecule has 4 heteroatoms. The van der Waals surface area contributed by atoms with Gasteiger partial charge in [-0.2, -0.15) is 0 Å². The van der Waals surface area contributed by atoms with Crippen LogP contribution in [0.25, 0.3) is 0 Å². The highest BCUT2D eigenvalue weighted by Gasteiger charge is 2.07. The lowest BCUT2D eigenvalue weighted by Crippen LogP contribution is -1.95. The van der Waals surface area contributed by atoms with Crippen molar-refractivity contribution in [1.82, 2.24) is 0 Å². The van der Waals surface area contributed by atoms with Gasteiger partial charge in [-0.3, -0.25) is 0 Å². The van der Waals surface area contributed by atoms with E-state index < -0.39 is 0 Å². The molecule has 2 rings (SSSR count). The summed E-state index contributed by atoms with van der Waals surface area (Å²) in [4.78, 5) is 0. The highest BCUT2D eigenvalue weighted by Crippen LogP contribution is 2.32. The van der Waals surface area contributed by atoms with Crippen molar-refractivity contribution in [2.24, 2.45) is 0 Å². The molecule has 0 saturated heterocycles. The molecule has 2 aromatic carbocycles. The lowest BCUT2D eigenvalue weighted by molar-refractivity contribution is 0.470. The Morgan fingerprint density at radius 2 is 1.61 bits per heavy atom. The zero-order valence-electron chi connectivity index (χ0n) is 10.2. The van der Waals surface area contributed by atoms with Crippen LogP contribution in [0.3, 0.4) is 0 Å². The average molecular weight is 264 g/mol. The maximum absolute atomic E-state index is 9.59. The third-order valence-corrected chi connectivity index (χ3v) is 3.29. The van der Waals surface area contributed by atoms with E-state index in [1.54, 1.807) is 24.3 Å². The summed E-state index contributed by atoms with van der Waals surface area (Å²) in [5.41, 5.74) is 3.37. The number of halogens is 1. The van der Waals surface area contributed by atoms with Gasteiger partial charge in [0.1, 0.15) is 11.5 Å². The Kier molecular flexibility index (Phi) is 3.34. The van der Waals surface area contributed by atoms with E-state index in [1.165, 1.54) is 6.07 Å². The maximum atomic E-state index is 9.59.